The number of benzene rings is 3. The Morgan fingerprint density at radius 2 is 1.16 bits per heavy atom. The van der Waals surface area contributed by atoms with Crippen molar-refractivity contribution in [3.63, 3.8) is 0 Å². The summed E-state index contributed by atoms with van der Waals surface area (Å²) in [5, 5.41) is 6.68. The first-order valence-corrected chi connectivity index (χ1v) is 18.8. The lowest BCUT2D eigenvalue weighted by molar-refractivity contribution is -0.137. The molecule has 0 aliphatic carbocycles. The summed E-state index contributed by atoms with van der Waals surface area (Å²) in [6.45, 7) is 7.92. The molecule has 0 unspecified atom stereocenters. The number of nitrogens with zero attached hydrogens (tertiary/aromatic N) is 7. The second-order valence-electron chi connectivity index (χ2n) is 14.8. The lowest BCUT2D eigenvalue weighted by Crippen LogP contribution is -2.52. The van der Waals surface area contributed by atoms with Crippen LogP contribution in [0.5, 0.6) is 0 Å². The molecule has 0 saturated heterocycles. The van der Waals surface area contributed by atoms with Crippen LogP contribution in [0.3, 0.4) is 0 Å². The van der Waals surface area contributed by atoms with Crippen LogP contribution in [0.1, 0.15) is 32.4 Å². The van der Waals surface area contributed by atoms with E-state index >= 15 is 0 Å². The first-order chi connectivity index (χ1) is 27.7. The van der Waals surface area contributed by atoms with Gasteiger partial charge in [-0.3, -0.25) is 14.6 Å². The number of imidazole rings is 2. The number of carbonyl (C=O) groups excluding carboxylic acids is 2. The molecule has 58 heavy (non-hydrogen) atoms. The minimum atomic E-state index is -0.939. The number of pyridine rings is 1. The average Bonchev–Trinajstić information content (AvgIpc) is 3.76. The number of nitrogens with two attached hydrogens (primary N) is 2. The second kappa shape index (κ2) is 16.5. The van der Waals surface area contributed by atoms with Gasteiger partial charge in [-0.2, -0.15) is 0 Å². The lowest BCUT2D eigenvalue weighted by Gasteiger charge is -2.33. The van der Waals surface area contributed by atoms with E-state index in [1.165, 1.54) is 36.4 Å². The molecule has 5 heterocycles. The van der Waals surface area contributed by atoms with Gasteiger partial charge in [0, 0.05) is 49.2 Å². The van der Waals surface area contributed by atoms with Crippen LogP contribution in [0.15, 0.2) is 97.3 Å². The van der Waals surface area contributed by atoms with Crippen molar-refractivity contribution in [1.29, 1.82) is 0 Å². The molecule has 16 heteroatoms. The summed E-state index contributed by atoms with van der Waals surface area (Å²) in [6, 6.07) is 21.5. The maximum atomic E-state index is 13.4. The van der Waals surface area contributed by atoms with Crippen molar-refractivity contribution in [2.75, 3.05) is 23.7 Å². The molecule has 13 nitrogen and oxygen atoms in total. The number of halogens is 3. The van der Waals surface area contributed by atoms with E-state index in [2.05, 4.69) is 20.2 Å². The van der Waals surface area contributed by atoms with Crippen LogP contribution in [0.4, 0.5) is 36.2 Å². The monoisotopic (exact) mass is 791 g/mol. The number of fused-ring (bicyclic) bond motifs is 2. The fourth-order valence-corrected chi connectivity index (χ4v) is 6.83. The Morgan fingerprint density at radius 3 is 1.62 bits per heavy atom. The van der Waals surface area contributed by atoms with Gasteiger partial charge >= 0.3 is 0 Å². The summed E-state index contributed by atoms with van der Waals surface area (Å²) in [7, 11) is 0. The first kappa shape index (κ1) is 39.7. The Bertz CT molecular complexity index is 2390. The van der Waals surface area contributed by atoms with Crippen molar-refractivity contribution in [1.82, 2.24) is 33.9 Å². The molecule has 2 aliphatic heterocycles. The highest BCUT2D eigenvalue weighted by molar-refractivity contribution is 5.85. The summed E-state index contributed by atoms with van der Waals surface area (Å²) >= 11 is 0. The minimum absolute atomic E-state index is 0.114. The topological polar surface area (TPSA) is 165 Å². The standard InChI is InChI=1S/C21H21F2N5O.C21H23FN6O/c1-13(24)21(29)27-10-11-28-18(12-27)26-19(14-2-4-15(22)5-3-14)20(28)25-17-8-6-16(23)7-9-17;1-21(2,23)20(29)27-10-11-28-17(13-27)26-18(14-5-7-15(22)8-6-14)19(28)25-16-4-3-9-24-12-16/h2-9,13,25H,10-12,24H2,1H3;3-9,12,25H,10-11,13,23H2,1-2H3/t13-;/m0./s1. The van der Waals surface area contributed by atoms with Gasteiger partial charge in [0.1, 0.15) is 52.1 Å². The third-order valence-corrected chi connectivity index (χ3v) is 9.75. The van der Waals surface area contributed by atoms with Crippen LogP contribution in [0.2, 0.25) is 0 Å². The lowest BCUT2D eigenvalue weighted by atomic mass is 10.1. The zero-order valence-electron chi connectivity index (χ0n) is 32.3. The molecule has 0 fully saturated rings. The summed E-state index contributed by atoms with van der Waals surface area (Å²) in [6.07, 6.45) is 3.43. The number of rotatable bonds is 8. The van der Waals surface area contributed by atoms with E-state index in [1.807, 2.05) is 16.7 Å². The highest BCUT2D eigenvalue weighted by atomic mass is 19.1. The number of hydrogen-bond acceptors (Lipinski definition) is 9. The second-order valence-corrected chi connectivity index (χ2v) is 14.8. The highest BCUT2D eigenvalue weighted by Gasteiger charge is 2.33. The normalized spacial score (nSPS) is 14.1. The number of carbonyl (C=O) groups is 2. The van der Waals surface area contributed by atoms with Gasteiger partial charge in [-0.25, -0.2) is 23.1 Å². The quantitative estimate of drug-likeness (QED) is 0.141. The fraction of sp³-hybridized carbons (Fsp3) is 0.262. The van der Waals surface area contributed by atoms with E-state index < -0.39 is 11.6 Å². The molecule has 3 aromatic heterocycles. The van der Waals surface area contributed by atoms with Gasteiger partial charge in [-0.15, -0.1) is 0 Å². The Kier molecular flexibility index (Phi) is 11.3. The van der Waals surface area contributed by atoms with E-state index in [0.29, 0.717) is 68.0 Å². The van der Waals surface area contributed by atoms with Crippen LogP contribution in [0.25, 0.3) is 22.5 Å². The molecule has 0 saturated carbocycles. The molecule has 8 rings (SSSR count). The Labute approximate surface area is 333 Å². The molecular weight excluding hydrogens is 748 g/mol. The van der Waals surface area contributed by atoms with Gasteiger partial charge < -0.3 is 41.0 Å². The van der Waals surface area contributed by atoms with Crippen LogP contribution < -0.4 is 22.1 Å². The van der Waals surface area contributed by atoms with Gasteiger partial charge in [0.05, 0.1) is 36.6 Å². The predicted molar refractivity (Wildman–Crippen MR) is 215 cm³/mol. The Morgan fingerprint density at radius 1 is 0.690 bits per heavy atom. The van der Waals surface area contributed by atoms with Gasteiger partial charge in [-0.1, -0.05) is 0 Å². The predicted octanol–water partition coefficient (Wildman–Crippen LogP) is 6.17. The third-order valence-electron chi connectivity index (χ3n) is 9.75. The van der Waals surface area contributed by atoms with E-state index in [4.69, 9.17) is 21.4 Å². The van der Waals surface area contributed by atoms with Crippen LogP contribution in [-0.4, -0.2) is 70.4 Å². The van der Waals surface area contributed by atoms with Gasteiger partial charge in [-0.05, 0) is 106 Å². The molecule has 0 spiro atoms. The molecule has 2 aliphatic rings. The number of amides is 2. The molecule has 6 N–H and O–H groups in total. The van der Waals surface area contributed by atoms with E-state index in [-0.39, 0.29) is 29.3 Å². The molecule has 6 aromatic rings. The largest absolute Gasteiger partial charge is 0.340 e. The number of hydrogen-bond donors (Lipinski definition) is 4. The van der Waals surface area contributed by atoms with Crippen LogP contribution >= 0.6 is 0 Å². The zero-order valence-corrected chi connectivity index (χ0v) is 32.3. The number of aromatic nitrogens is 5. The van der Waals surface area contributed by atoms with Crippen molar-refractivity contribution in [3.8, 4) is 22.5 Å². The molecule has 3 aromatic carbocycles. The molecule has 0 radical (unpaired) electrons. The molecule has 0 bridgehead atoms. The zero-order chi connectivity index (χ0) is 41.1. The summed E-state index contributed by atoms with van der Waals surface area (Å²) in [4.78, 5) is 42.0. The molecule has 2 amide bonds. The fourth-order valence-electron chi connectivity index (χ4n) is 6.83. The summed E-state index contributed by atoms with van der Waals surface area (Å²) < 4.78 is 44.1. The van der Waals surface area contributed by atoms with E-state index in [9.17, 15) is 22.8 Å². The Balaban J connectivity index is 0.000000177. The molecule has 1 atom stereocenters. The van der Waals surface area contributed by atoms with Gasteiger partial charge in [0.25, 0.3) is 0 Å². The third kappa shape index (κ3) is 8.72. The smallest absolute Gasteiger partial charge is 0.242 e. The van der Waals surface area contributed by atoms with Crippen molar-refractivity contribution in [2.24, 2.45) is 11.5 Å². The maximum absolute atomic E-state index is 13.4. The maximum Gasteiger partial charge on any atom is 0.242 e. The highest BCUT2D eigenvalue weighted by Crippen LogP contribution is 2.35. The van der Waals surface area contributed by atoms with Crippen molar-refractivity contribution < 1.29 is 22.8 Å². The molecular formula is C42H44F3N11O2. The average molecular weight is 792 g/mol. The van der Waals surface area contributed by atoms with Crippen molar-refractivity contribution in [3.05, 3.63) is 126 Å². The Hall–Kier alpha value is -6.52. The van der Waals surface area contributed by atoms with Crippen LogP contribution in [0, 0.1) is 17.5 Å². The summed E-state index contributed by atoms with van der Waals surface area (Å²) in [5.74, 6) is 1.75. The number of nitrogens with one attached hydrogen (secondary N) is 2. The van der Waals surface area contributed by atoms with E-state index in [0.717, 1.165) is 28.5 Å². The van der Waals surface area contributed by atoms with Gasteiger partial charge in [0.15, 0.2) is 0 Å². The van der Waals surface area contributed by atoms with Crippen molar-refractivity contribution in [2.45, 2.75) is 58.5 Å². The van der Waals surface area contributed by atoms with Crippen LogP contribution in [-0.2, 0) is 35.8 Å². The molecule has 300 valence electrons. The summed E-state index contributed by atoms with van der Waals surface area (Å²) in [5.41, 5.74) is 15.2. The van der Waals surface area contributed by atoms with Gasteiger partial charge in [0.2, 0.25) is 11.8 Å². The first-order valence-electron chi connectivity index (χ1n) is 18.8. The van der Waals surface area contributed by atoms with E-state index in [1.54, 1.807) is 79.4 Å². The van der Waals surface area contributed by atoms with Crippen molar-refractivity contribution >= 4 is 34.8 Å². The SMILES string of the molecule is CC(C)(N)C(=O)N1CCn2c(nc(-c3ccc(F)cc3)c2Nc2cccnc2)C1.C[C@H](N)C(=O)N1CCn2c(nc(-c3ccc(F)cc3)c2Nc2ccc(F)cc2)C1. The number of anilines is 4. The minimum Gasteiger partial charge on any atom is -0.340 e.